The maximum Gasteiger partial charge on any atom is 0.271 e. The smallest absolute Gasteiger partial charge is 0.271 e. The molecule has 0 bridgehead atoms. The standard InChI is InChI=1S/C14H18N2O4S/c1-9-12(13(18)15-6-5-10(17)8-19-2)16-14(21-9)11-4-3-7-20-11/h3-4,7,10,17H,5-6,8H2,1-2H3,(H,15,18). The van der Waals surface area contributed by atoms with Crippen LogP contribution in [0.15, 0.2) is 22.8 Å². The van der Waals surface area contributed by atoms with Gasteiger partial charge in [0.2, 0.25) is 0 Å². The number of rotatable bonds is 7. The van der Waals surface area contributed by atoms with Gasteiger partial charge in [0.05, 0.1) is 19.0 Å². The summed E-state index contributed by atoms with van der Waals surface area (Å²) in [4.78, 5) is 17.2. The SMILES string of the molecule is COCC(O)CCNC(=O)c1nc(-c2ccco2)sc1C. The van der Waals surface area contributed by atoms with Crippen molar-refractivity contribution in [1.82, 2.24) is 10.3 Å². The summed E-state index contributed by atoms with van der Waals surface area (Å²) in [6, 6.07) is 3.59. The third-order valence-electron chi connectivity index (χ3n) is 2.87. The molecule has 0 aliphatic heterocycles. The second kappa shape index (κ2) is 7.35. The van der Waals surface area contributed by atoms with Crippen LogP contribution in [0.4, 0.5) is 0 Å². The largest absolute Gasteiger partial charge is 0.462 e. The van der Waals surface area contributed by atoms with E-state index in [2.05, 4.69) is 10.3 Å². The van der Waals surface area contributed by atoms with Gasteiger partial charge in [0, 0.05) is 18.5 Å². The monoisotopic (exact) mass is 310 g/mol. The van der Waals surface area contributed by atoms with Crippen LogP contribution in [0.3, 0.4) is 0 Å². The molecule has 6 nitrogen and oxygen atoms in total. The first kappa shape index (κ1) is 15.7. The molecule has 1 amide bonds. The number of nitrogens with one attached hydrogen (secondary N) is 1. The molecule has 0 radical (unpaired) electrons. The summed E-state index contributed by atoms with van der Waals surface area (Å²) >= 11 is 1.41. The fourth-order valence-corrected chi connectivity index (χ4v) is 2.70. The van der Waals surface area contributed by atoms with E-state index in [1.54, 1.807) is 18.4 Å². The molecule has 2 rings (SSSR count). The Balaban J connectivity index is 1.94. The van der Waals surface area contributed by atoms with Gasteiger partial charge < -0.3 is 19.6 Å². The number of aryl methyl sites for hydroxylation is 1. The van der Waals surface area contributed by atoms with Crippen LogP contribution < -0.4 is 5.32 Å². The van der Waals surface area contributed by atoms with E-state index in [1.165, 1.54) is 18.4 Å². The van der Waals surface area contributed by atoms with E-state index in [9.17, 15) is 9.90 Å². The maximum absolute atomic E-state index is 12.1. The number of methoxy groups -OCH3 is 1. The summed E-state index contributed by atoms with van der Waals surface area (Å²) < 4.78 is 10.1. The number of aliphatic hydroxyl groups excluding tert-OH is 1. The van der Waals surface area contributed by atoms with Crippen LogP contribution in [0.5, 0.6) is 0 Å². The molecule has 0 saturated heterocycles. The minimum atomic E-state index is -0.578. The van der Waals surface area contributed by atoms with Crippen molar-refractivity contribution >= 4 is 17.2 Å². The Kier molecular flexibility index (Phi) is 5.49. The summed E-state index contributed by atoms with van der Waals surface area (Å²) in [7, 11) is 1.52. The molecule has 2 N–H and O–H groups in total. The van der Waals surface area contributed by atoms with E-state index in [0.717, 1.165) is 4.88 Å². The Morgan fingerprint density at radius 1 is 1.62 bits per heavy atom. The highest BCUT2D eigenvalue weighted by atomic mass is 32.1. The first-order chi connectivity index (χ1) is 10.1. The van der Waals surface area contributed by atoms with Gasteiger partial charge in [-0.2, -0.15) is 0 Å². The Bertz CT molecular complexity index is 580. The third kappa shape index (κ3) is 4.13. The number of carbonyl (C=O) groups excluding carboxylic acids is 1. The van der Waals surface area contributed by atoms with E-state index in [-0.39, 0.29) is 12.5 Å². The molecule has 0 aromatic carbocycles. The number of hydrogen-bond acceptors (Lipinski definition) is 6. The molecule has 0 fully saturated rings. The van der Waals surface area contributed by atoms with Gasteiger partial charge in [-0.1, -0.05) is 0 Å². The van der Waals surface area contributed by atoms with Gasteiger partial charge in [-0.15, -0.1) is 11.3 Å². The lowest BCUT2D eigenvalue weighted by molar-refractivity contribution is 0.0587. The molecule has 2 heterocycles. The Morgan fingerprint density at radius 2 is 2.43 bits per heavy atom. The van der Waals surface area contributed by atoms with Crippen LogP contribution >= 0.6 is 11.3 Å². The predicted molar refractivity (Wildman–Crippen MR) is 79.4 cm³/mol. The summed E-state index contributed by atoms with van der Waals surface area (Å²) in [5.41, 5.74) is 0.396. The van der Waals surface area contributed by atoms with Crippen molar-refractivity contribution in [2.24, 2.45) is 0 Å². The summed E-state index contributed by atoms with van der Waals surface area (Å²) in [6.45, 7) is 2.48. The molecular weight excluding hydrogens is 292 g/mol. The third-order valence-corrected chi connectivity index (χ3v) is 3.85. The first-order valence-electron chi connectivity index (χ1n) is 6.58. The van der Waals surface area contributed by atoms with Crippen LogP contribution in [-0.2, 0) is 4.74 Å². The highest BCUT2D eigenvalue weighted by molar-refractivity contribution is 7.15. The predicted octanol–water partition coefficient (Wildman–Crippen LogP) is 1.84. The number of aromatic nitrogens is 1. The summed E-state index contributed by atoms with van der Waals surface area (Å²) in [6.07, 6.45) is 1.43. The average Bonchev–Trinajstić information content (AvgIpc) is 3.07. The molecule has 114 valence electrons. The number of hydrogen-bond donors (Lipinski definition) is 2. The zero-order valence-electron chi connectivity index (χ0n) is 12.0. The van der Waals surface area contributed by atoms with Crippen LogP contribution in [0.25, 0.3) is 10.8 Å². The zero-order valence-corrected chi connectivity index (χ0v) is 12.8. The lowest BCUT2D eigenvalue weighted by Crippen LogP contribution is -2.29. The highest BCUT2D eigenvalue weighted by Crippen LogP contribution is 2.27. The van der Waals surface area contributed by atoms with E-state index < -0.39 is 6.10 Å². The number of thiazole rings is 1. The lowest BCUT2D eigenvalue weighted by Gasteiger charge is -2.09. The highest BCUT2D eigenvalue weighted by Gasteiger charge is 2.17. The number of aliphatic hydroxyl groups is 1. The average molecular weight is 310 g/mol. The Morgan fingerprint density at radius 3 is 3.10 bits per heavy atom. The van der Waals surface area contributed by atoms with Crippen molar-refractivity contribution < 1.29 is 19.1 Å². The first-order valence-corrected chi connectivity index (χ1v) is 7.40. The van der Waals surface area contributed by atoms with Gasteiger partial charge in [0.1, 0.15) is 5.69 Å². The van der Waals surface area contributed by atoms with E-state index in [4.69, 9.17) is 9.15 Å². The van der Waals surface area contributed by atoms with E-state index in [1.807, 2.05) is 6.92 Å². The number of amides is 1. The van der Waals surface area contributed by atoms with E-state index >= 15 is 0 Å². The zero-order chi connectivity index (χ0) is 15.2. The van der Waals surface area contributed by atoms with Crippen molar-refractivity contribution in [3.05, 3.63) is 29.0 Å². The molecule has 1 atom stereocenters. The molecule has 0 aliphatic carbocycles. The fraction of sp³-hybridized carbons (Fsp3) is 0.429. The topological polar surface area (TPSA) is 84.6 Å². The van der Waals surface area contributed by atoms with Crippen molar-refractivity contribution in [3.63, 3.8) is 0 Å². The molecule has 21 heavy (non-hydrogen) atoms. The minimum absolute atomic E-state index is 0.244. The Hall–Kier alpha value is -1.70. The van der Waals surface area contributed by atoms with E-state index in [0.29, 0.717) is 29.4 Å². The van der Waals surface area contributed by atoms with Gasteiger partial charge in [0.15, 0.2) is 10.8 Å². The van der Waals surface area contributed by atoms with Crippen molar-refractivity contribution in [1.29, 1.82) is 0 Å². The van der Waals surface area contributed by atoms with Crippen molar-refractivity contribution in [2.45, 2.75) is 19.4 Å². The quantitative estimate of drug-likeness (QED) is 0.815. The molecular formula is C14H18N2O4S. The fourth-order valence-electron chi connectivity index (χ4n) is 1.82. The summed E-state index contributed by atoms with van der Waals surface area (Å²) in [5, 5.41) is 12.9. The molecule has 0 aliphatic rings. The van der Waals surface area contributed by atoms with Crippen LogP contribution in [-0.4, -0.2) is 42.4 Å². The number of ether oxygens (including phenoxy) is 1. The van der Waals surface area contributed by atoms with Crippen LogP contribution in [0.2, 0.25) is 0 Å². The Labute approximate surface area is 126 Å². The van der Waals surface area contributed by atoms with Gasteiger partial charge in [0.25, 0.3) is 5.91 Å². The molecule has 0 spiro atoms. The second-order valence-electron chi connectivity index (χ2n) is 4.55. The molecule has 0 saturated carbocycles. The van der Waals surface area contributed by atoms with Gasteiger partial charge in [-0.05, 0) is 25.5 Å². The molecule has 7 heteroatoms. The second-order valence-corrected chi connectivity index (χ2v) is 5.76. The van der Waals surface area contributed by atoms with Crippen LogP contribution in [0, 0.1) is 6.92 Å². The van der Waals surface area contributed by atoms with Crippen molar-refractivity contribution in [3.8, 4) is 10.8 Å². The van der Waals surface area contributed by atoms with Gasteiger partial charge in [-0.3, -0.25) is 4.79 Å². The molecule has 1 unspecified atom stereocenters. The molecule has 2 aromatic heterocycles. The van der Waals surface area contributed by atoms with Crippen LogP contribution in [0.1, 0.15) is 21.8 Å². The number of nitrogens with zero attached hydrogens (tertiary/aromatic N) is 1. The van der Waals surface area contributed by atoms with Gasteiger partial charge in [-0.25, -0.2) is 4.98 Å². The normalized spacial score (nSPS) is 12.3. The number of carbonyl (C=O) groups is 1. The minimum Gasteiger partial charge on any atom is -0.462 e. The molecule has 2 aromatic rings. The van der Waals surface area contributed by atoms with Crippen molar-refractivity contribution in [2.75, 3.05) is 20.3 Å². The lowest BCUT2D eigenvalue weighted by atomic mass is 10.2. The maximum atomic E-state index is 12.1. The number of furan rings is 1. The van der Waals surface area contributed by atoms with Gasteiger partial charge >= 0.3 is 0 Å². The summed E-state index contributed by atoms with van der Waals surface area (Å²) in [5.74, 6) is 0.406.